The largest absolute Gasteiger partial charge is 0.503 e. The molecule has 0 bridgehead atoms. The van der Waals surface area contributed by atoms with Gasteiger partial charge >= 0.3 is 0 Å². The number of hydrogen-bond acceptors (Lipinski definition) is 3. The molecule has 0 fully saturated rings. The van der Waals surface area contributed by atoms with E-state index in [0.717, 1.165) is 22.7 Å². The summed E-state index contributed by atoms with van der Waals surface area (Å²) in [6.07, 6.45) is 0.789. The number of hydrogen-bond donors (Lipinski definition) is 1. The van der Waals surface area contributed by atoms with Crippen LogP contribution in [0.1, 0.15) is 11.1 Å². The van der Waals surface area contributed by atoms with Gasteiger partial charge in [-0.25, -0.2) is 8.78 Å². The number of phenolic OH excluding ortho intramolecular Hbond substituents is 1. The van der Waals surface area contributed by atoms with Crippen molar-refractivity contribution in [1.29, 1.82) is 0 Å². The Balaban J connectivity index is 0.000000255. The van der Waals surface area contributed by atoms with E-state index in [0.29, 0.717) is 0 Å². The van der Waals surface area contributed by atoms with Crippen LogP contribution in [-0.2, 0) is 10.3 Å². The first kappa shape index (κ1) is 18.1. The number of aryl methyl sites for hydroxylation is 1. The molecule has 0 spiro atoms. The van der Waals surface area contributed by atoms with Gasteiger partial charge in [-0.15, -0.1) is 0 Å². The summed E-state index contributed by atoms with van der Waals surface area (Å²) in [4.78, 5) is 0. The SMILES string of the molecule is Cc1ccc(Br)cc1.O=S(=O)=C=Cc1ccc(F)c(O)c1F. The predicted octanol–water partition coefficient (Wildman–Crippen LogP) is 3.72. The van der Waals surface area contributed by atoms with E-state index in [2.05, 4.69) is 35.0 Å². The minimum absolute atomic E-state index is 0.256. The molecule has 7 heteroatoms. The molecule has 3 nitrogen and oxygen atoms in total. The summed E-state index contributed by atoms with van der Waals surface area (Å²) in [5.41, 5.74) is 1.04. The first-order valence-corrected chi connectivity index (χ1v) is 7.76. The molecule has 22 heavy (non-hydrogen) atoms. The molecule has 1 N–H and O–H groups in total. The number of aromatic hydroxyl groups is 1. The zero-order valence-corrected chi connectivity index (χ0v) is 13.7. The molecule has 2 aromatic carbocycles. The van der Waals surface area contributed by atoms with Gasteiger partial charge in [0.25, 0.3) is 10.3 Å². The third kappa shape index (κ3) is 5.81. The van der Waals surface area contributed by atoms with Crippen LogP contribution >= 0.6 is 15.9 Å². The first-order chi connectivity index (χ1) is 10.3. The number of rotatable bonds is 1. The van der Waals surface area contributed by atoms with Crippen LogP contribution in [0.4, 0.5) is 8.78 Å². The Morgan fingerprint density at radius 1 is 1.14 bits per heavy atom. The van der Waals surface area contributed by atoms with E-state index >= 15 is 0 Å². The van der Waals surface area contributed by atoms with E-state index in [9.17, 15) is 17.2 Å². The maximum atomic E-state index is 13.0. The molecule has 116 valence electrons. The van der Waals surface area contributed by atoms with Crippen LogP contribution in [-0.4, -0.2) is 18.5 Å². The van der Waals surface area contributed by atoms with Gasteiger partial charge in [-0.2, -0.15) is 8.42 Å². The van der Waals surface area contributed by atoms with Crippen molar-refractivity contribution in [1.82, 2.24) is 0 Å². The fourth-order valence-electron chi connectivity index (χ4n) is 1.31. The summed E-state index contributed by atoms with van der Waals surface area (Å²) in [5, 5.41) is 10.6. The van der Waals surface area contributed by atoms with Crippen molar-refractivity contribution in [3.63, 3.8) is 0 Å². The second-order valence-electron chi connectivity index (χ2n) is 4.09. The lowest BCUT2D eigenvalue weighted by Gasteiger charge is -1.98. The average Bonchev–Trinajstić information content (AvgIpc) is 2.48. The van der Waals surface area contributed by atoms with Gasteiger partial charge in [0.2, 0.25) is 0 Å². The lowest BCUT2D eigenvalue weighted by molar-refractivity contribution is 0.396. The van der Waals surface area contributed by atoms with Gasteiger partial charge in [0, 0.05) is 21.1 Å². The summed E-state index contributed by atoms with van der Waals surface area (Å²) in [5.74, 6) is -3.47. The maximum absolute atomic E-state index is 13.0. The van der Waals surface area contributed by atoms with E-state index in [-0.39, 0.29) is 5.56 Å². The lowest BCUT2D eigenvalue weighted by Crippen LogP contribution is -1.86. The van der Waals surface area contributed by atoms with Crippen LogP contribution in [0.3, 0.4) is 0 Å². The second-order valence-corrected chi connectivity index (χ2v) is 5.71. The number of halogens is 3. The molecule has 0 aliphatic rings. The van der Waals surface area contributed by atoms with E-state index in [4.69, 9.17) is 5.11 Å². The molecule has 0 aliphatic carbocycles. The fourth-order valence-corrected chi connectivity index (χ4v) is 1.80. The zero-order chi connectivity index (χ0) is 16.7. The topological polar surface area (TPSA) is 54.4 Å². The Bertz CT molecular complexity index is 796. The van der Waals surface area contributed by atoms with E-state index in [1.165, 1.54) is 5.56 Å². The van der Waals surface area contributed by atoms with Crippen molar-refractivity contribution in [2.24, 2.45) is 0 Å². The molecule has 0 radical (unpaired) electrons. The van der Waals surface area contributed by atoms with E-state index < -0.39 is 27.7 Å². The summed E-state index contributed by atoms with van der Waals surface area (Å²) in [6.45, 7) is 2.08. The highest BCUT2D eigenvalue weighted by atomic mass is 79.9. The second kappa shape index (κ2) is 8.48. The Morgan fingerprint density at radius 3 is 2.23 bits per heavy atom. The van der Waals surface area contributed by atoms with Crippen LogP contribution in [0.25, 0.3) is 6.08 Å². The van der Waals surface area contributed by atoms with Crippen LogP contribution in [0.15, 0.2) is 40.9 Å². The van der Waals surface area contributed by atoms with E-state index in [1.807, 2.05) is 12.1 Å². The Morgan fingerprint density at radius 2 is 1.73 bits per heavy atom. The monoisotopic (exact) mass is 388 g/mol. The molecular formula is C15H11BrF2O3S. The molecule has 0 heterocycles. The molecule has 0 unspecified atom stereocenters. The molecular weight excluding hydrogens is 378 g/mol. The average molecular weight is 389 g/mol. The molecule has 2 rings (SSSR count). The van der Waals surface area contributed by atoms with Crippen molar-refractivity contribution < 1.29 is 22.3 Å². The summed E-state index contributed by atoms with van der Waals surface area (Å²) in [7, 11) is -2.58. The Hall–Kier alpha value is -1.95. The molecule has 0 saturated carbocycles. The smallest absolute Gasteiger partial charge is 0.260 e. The normalized spacial score (nSPS) is 9.27. The standard InChI is InChI=1S/C8H4F2O3S.C7H7Br/c9-6-2-1-5(3-4-14(12)13)7(10)8(6)11;1-6-2-4-7(8)5-3-6/h1-3,11H;2-5H,1H3. The van der Waals surface area contributed by atoms with Gasteiger partial charge < -0.3 is 5.11 Å². The molecule has 0 atom stereocenters. The van der Waals surface area contributed by atoms with Gasteiger partial charge in [-0.1, -0.05) is 33.6 Å². The van der Waals surface area contributed by atoms with Crippen LogP contribution < -0.4 is 0 Å². The van der Waals surface area contributed by atoms with Gasteiger partial charge in [-0.05, 0) is 31.2 Å². The minimum Gasteiger partial charge on any atom is -0.503 e. The van der Waals surface area contributed by atoms with Crippen molar-refractivity contribution in [2.45, 2.75) is 6.92 Å². The molecule has 0 saturated heterocycles. The van der Waals surface area contributed by atoms with Crippen molar-refractivity contribution in [2.75, 3.05) is 0 Å². The Labute approximate surface area is 136 Å². The zero-order valence-electron chi connectivity index (χ0n) is 11.3. The highest BCUT2D eigenvalue weighted by Crippen LogP contribution is 2.23. The van der Waals surface area contributed by atoms with Crippen molar-refractivity contribution >= 4 is 37.3 Å². The quantitative estimate of drug-likeness (QED) is 0.757. The third-order valence-electron chi connectivity index (χ3n) is 2.42. The lowest BCUT2D eigenvalue weighted by atomic mass is 10.2. The molecule has 0 amide bonds. The van der Waals surface area contributed by atoms with Gasteiger partial charge in [-0.3, -0.25) is 0 Å². The summed E-state index contributed by atoms with van der Waals surface area (Å²) < 4.78 is 46.7. The number of phenols is 1. The van der Waals surface area contributed by atoms with Crippen molar-refractivity contribution in [3.05, 3.63) is 63.6 Å². The van der Waals surface area contributed by atoms with Crippen LogP contribution in [0.5, 0.6) is 5.75 Å². The molecule has 0 aliphatic heterocycles. The van der Waals surface area contributed by atoms with Crippen LogP contribution in [0.2, 0.25) is 0 Å². The minimum atomic E-state index is -2.58. The molecule has 2 aromatic rings. The maximum Gasteiger partial charge on any atom is 0.260 e. The summed E-state index contributed by atoms with van der Waals surface area (Å²) >= 11 is 3.35. The Kier molecular flexibility index (Phi) is 6.98. The highest BCUT2D eigenvalue weighted by molar-refractivity contribution is 9.10. The van der Waals surface area contributed by atoms with Gasteiger partial charge in [0.15, 0.2) is 17.4 Å². The first-order valence-electron chi connectivity index (χ1n) is 5.89. The molecule has 0 aromatic heterocycles. The van der Waals surface area contributed by atoms with Gasteiger partial charge in [0.05, 0.1) is 0 Å². The predicted molar refractivity (Wildman–Crippen MR) is 85.3 cm³/mol. The highest BCUT2D eigenvalue weighted by Gasteiger charge is 2.09. The van der Waals surface area contributed by atoms with Crippen molar-refractivity contribution in [3.8, 4) is 5.75 Å². The fraction of sp³-hybridized carbons (Fsp3) is 0.0667. The van der Waals surface area contributed by atoms with E-state index in [1.54, 1.807) is 5.02 Å². The number of benzene rings is 2. The summed E-state index contributed by atoms with van der Waals surface area (Å²) in [6, 6.07) is 10.0. The van der Waals surface area contributed by atoms with Gasteiger partial charge in [0.1, 0.15) is 0 Å². The van der Waals surface area contributed by atoms with Crippen LogP contribution in [0, 0.1) is 18.6 Å². The third-order valence-corrected chi connectivity index (χ3v) is 3.26.